The molecule has 0 aromatic carbocycles. The first-order chi connectivity index (χ1) is 13.6. The summed E-state index contributed by atoms with van der Waals surface area (Å²) >= 11 is 0. The molecule has 28 heavy (non-hydrogen) atoms. The topological polar surface area (TPSA) is 62.2 Å². The summed E-state index contributed by atoms with van der Waals surface area (Å²) in [5, 5.41) is 0. The van der Waals surface area contributed by atoms with Crippen molar-refractivity contribution in [1.82, 2.24) is 24.8 Å². The Morgan fingerprint density at radius 2 is 1.86 bits per heavy atom. The lowest BCUT2D eigenvalue weighted by molar-refractivity contribution is 0.0739. The summed E-state index contributed by atoms with van der Waals surface area (Å²) in [5.41, 5.74) is 2.81. The fraction of sp³-hybridized carbons (Fsp3) is 0.455. The van der Waals surface area contributed by atoms with E-state index in [1.807, 2.05) is 17.0 Å². The van der Waals surface area contributed by atoms with Crippen LogP contribution < -0.4 is 0 Å². The van der Waals surface area contributed by atoms with Crippen LogP contribution in [0.2, 0.25) is 0 Å². The number of rotatable bonds is 4. The first-order valence-electron chi connectivity index (χ1n) is 9.99. The van der Waals surface area contributed by atoms with Crippen LogP contribution in [-0.2, 0) is 0 Å². The molecule has 2 atom stereocenters. The van der Waals surface area contributed by atoms with Crippen molar-refractivity contribution in [2.75, 3.05) is 26.2 Å². The lowest BCUT2D eigenvalue weighted by Gasteiger charge is -2.35. The van der Waals surface area contributed by atoms with E-state index in [4.69, 9.17) is 0 Å². The standard InChI is InChI=1S/C22H27N5O/c1-16(2)7-10-26-13-17-3-4-20(26)15-27(14-17)22(28)19-11-24-21(25-12-19)18-5-8-23-9-6-18/h5-9,11-12,17,20H,3-4,10,13-15H2,1-2H3/t17-,20-/m1/s1. The predicted octanol–water partition coefficient (Wildman–Crippen LogP) is 3.04. The number of aromatic nitrogens is 3. The fourth-order valence-corrected chi connectivity index (χ4v) is 4.14. The number of amides is 1. The molecule has 0 aliphatic carbocycles. The van der Waals surface area contributed by atoms with Gasteiger partial charge in [0, 0.05) is 62.6 Å². The number of fused-ring (bicyclic) bond motifs is 4. The number of nitrogens with zero attached hydrogens (tertiary/aromatic N) is 5. The third-order valence-corrected chi connectivity index (χ3v) is 5.69. The van der Waals surface area contributed by atoms with Gasteiger partial charge >= 0.3 is 0 Å². The molecule has 0 saturated carbocycles. The van der Waals surface area contributed by atoms with Crippen LogP contribution in [0.1, 0.15) is 37.0 Å². The number of carbonyl (C=O) groups excluding carboxylic acids is 1. The Balaban J connectivity index is 1.47. The van der Waals surface area contributed by atoms with Crippen molar-refractivity contribution in [3.8, 4) is 11.4 Å². The van der Waals surface area contributed by atoms with Crippen LogP contribution in [0.3, 0.4) is 0 Å². The highest BCUT2D eigenvalue weighted by atomic mass is 16.2. The molecular formula is C22H27N5O. The molecule has 0 spiro atoms. The van der Waals surface area contributed by atoms with Crippen LogP contribution in [-0.4, -0.2) is 62.9 Å². The quantitative estimate of drug-likeness (QED) is 0.767. The van der Waals surface area contributed by atoms with Crippen LogP contribution in [0, 0.1) is 5.92 Å². The summed E-state index contributed by atoms with van der Waals surface area (Å²) in [6.45, 7) is 7.96. The zero-order valence-corrected chi connectivity index (χ0v) is 16.6. The normalized spacial score (nSPS) is 22.0. The van der Waals surface area contributed by atoms with Gasteiger partial charge in [-0.25, -0.2) is 9.97 Å². The van der Waals surface area contributed by atoms with Gasteiger partial charge in [0.2, 0.25) is 0 Å². The molecule has 3 aliphatic rings. The first-order valence-corrected chi connectivity index (χ1v) is 9.99. The maximum Gasteiger partial charge on any atom is 0.257 e. The number of allylic oxidation sites excluding steroid dienone is 1. The lowest BCUT2D eigenvalue weighted by Crippen LogP contribution is -2.44. The van der Waals surface area contributed by atoms with Gasteiger partial charge in [0.15, 0.2) is 5.82 Å². The van der Waals surface area contributed by atoms with E-state index in [0.717, 1.165) is 31.7 Å². The van der Waals surface area contributed by atoms with Gasteiger partial charge in [-0.15, -0.1) is 0 Å². The molecule has 3 saturated heterocycles. The number of carbonyl (C=O) groups is 1. The first kappa shape index (κ1) is 18.7. The summed E-state index contributed by atoms with van der Waals surface area (Å²) < 4.78 is 0. The molecule has 5 heterocycles. The average molecular weight is 377 g/mol. The van der Waals surface area contributed by atoms with Gasteiger partial charge in [-0.2, -0.15) is 0 Å². The molecule has 0 unspecified atom stereocenters. The molecule has 2 aromatic rings. The molecule has 5 rings (SSSR count). The van der Waals surface area contributed by atoms with E-state index in [1.54, 1.807) is 24.8 Å². The second-order valence-corrected chi connectivity index (χ2v) is 8.07. The smallest absolute Gasteiger partial charge is 0.257 e. The summed E-state index contributed by atoms with van der Waals surface area (Å²) in [6, 6.07) is 4.17. The highest BCUT2D eigenvalue weighted by Crippen LogP contribution is 2.28. The SMILES string of the molecule is CC(C)=CCN1C[C@H]2CC[C@@H]1CN(C(=O)c1cnc(-c3ccncc3)nc1)C2. The second kappa shape index (κ2) is 8.19. The number of hydrogen-bond acceptors (Lipinski definition) is 5. The maximum atomic E-state index is 13.1. The minimum Gasteiger partial charge on any atom is -0.337 e. The van der Waals surface area contributed by atoms with Crippen LogP contribution in [0.4, 0.5) is 0 Å². The van der Waals surface area contributed by atoms with E-state index in [-0.39, 0.29) is 5.91 Å². The van der Waals surface area contributed by atoms with Crippen molar-refractivity contribution in [3.63, 3.8) is 0 Å². The minimum absolute atomic E-state index is 0.0437. The molecule has 0 radical (unpaired) electrons. The van der Waals surface area contributed by atoms with E-state index in [0.29, 0.717) is 23.3 Å². The molecule has 1 amide bonds. The van der Waals surface area contributed by atoms with Crippen molar-refractivity contribution in [2.45, 2.75) is 32.7 Å². The number of pyridine rings is 1. The van der Waals surface area contributed by atoms with Crippen LogP contribution in [0.25, 0.3) is 11.4 Å². The van der Waals surface area contributed by atoms with Crippen molar-refractivity contribution in [2.24, 2.45) is 5.92 Å². The van der Waals surface area contributed by atoms with E-state index < -0.39 is 0 Å². The van der Waals surface area contributed by atoms with Gasteiger partial charge in [0.05, 0.1) is 5.56 Å². The zero-order valence-electron chi connectivity index (χ0n) is 16.6. The average Bonchev–Trinajstić information content (AvgIpc) is 3.04. The Morgan fingerprint density at radius 3 is 2.57 bits per heavy atom. The molecule has 146 valence electrons. The highest BCUT2D eigenvalue weighted by Gasteiger charge is 2.36. The minimum atomic E-state index is 0.0437. The molecule has 6 heteroatoms. The molecule has 3 aliphatic heterocycles. The van der Waals surface area contributed by atoms with Crippen LogP contribution in [0.5, 0.6) is 0 Å². The monoisotopic (exact) mass is 377 g/mol. The Hall–Kier alpha value is -2.60. The Morgan fingerprint density at radius 1 is 1.11 bits per heavy atom. The molecule has 2 bridgehead atoms. The molecule has 6 nitrogen and oxygen atoms in total. The number of hydrogen-bond donors (Lipinski definition) is 0. The van der Waals surface area contributed by atoms with Crippen molar-refractivity contribution < 1.29 is 4.79 Å². The summed E-state index contributed by atoms with van der Waals surface area (Å²) in [5.74, 6) is 1.20. The third-order valence-electron chi connectivity index (χ3n) is 5.69. The van der Waals surface area contributed by atoms with Gasteiger partial charge < -0.3 is 4.90 Å². The highest BCUT2D eigenvalue weighted by molar-refractivity contribution is 5.93. The molecular weight excluding hydrogens is 350 g/mol. The number of piperidine rings is 1. The van der Waals surface area contributed by atoms with Crippen molar-refractivity contribution in [3.05, 3.63) is 54.1 Å². The Bertz CT molecular complexity index is 845. The molecule has 3 fully saturated rings. The summed E-state index contributed by atoms with van der Waals surface area (Å²) in [4.78, 5) is 30.5. The van der Waals surface area contributed by atoms with Crippen LogP contribution >= 0.6 is 0 Å². The lowest BCUT2D eigenvalue weighted by atomic mass is 9.95. The van der Waals surface area contributed by atoms with Crippen molar-refractivity contribution in [1.29, 1.82) is 0 Å². The summed E-state index contributed by atoms with van der Waals surface area (Å²) in [6.07, 6.45) is 11.4. The van der Waals surface area contributed by atoms with Crippen molar-refractivity contribution >= 4 is 5.91 Å². The van der Waals surface area contributed by atoms with E-state index in [1.165, 1.54) is 18.4 Å². The van der Waals surface area contributed by atoms with Gasteiger partial charge in [0.25, 0.3) is 5.91 Å². The Kier molecular flexibility index (Phi) is 5.48. The van der Waals surface area contributed by atoms with E-state index in [2.05, 4.69) is 39.8 Å². The fourth-order valence-electron chi connectivity index (χ4n) is 4.14. The molecule has 2 aromatic heterocycles. The van der Waals surface area contributed by atoms with Gasteiger partial charge in [-0.05, 0) is 44.7 Å². The van der Waals surface area contributed by atoms with Gasteiger partial charge in [-0.1, -0.05) is 11.6 Å². The second-order valence-electron chi connectivity index (χ2n) is 8.07. The maximum absolute atomic E-state index is 13.1. The van der Waals surface area contributed by atoms with Gasteiger partial charge in [-0.3, -0.25) is 14.7 Å². The third kappa shape index (κ3) is 4.12. The van der Waals surface area contributed by atoms with E-state index in [9.17, 15) is 4.79 Å². The van der Waals surface area contributed by atoms with Gasteiger partial charge in [0.1, 0.15) is 0 Å². The van der Waals surface area contributed by atoms with E-state index >= 15 is 0 Å². The Labute approximate surface area is 166 Å². The summed E-state index contributed by atoms with van der Waals surface area (Å²) in [7, 11) is 0. The largest absolute Gasteiger partial charge is 0.337 e. The predicted molar refractivity (Wildman–Crippen MR) is 109 cm³/mol. The molecule has 0 N–H and O–H groups in total. The zero-order chi connectivity index (χ0) is 19.5. The van der Waals surface area contributed by atoms with Crippen LogP contribution in [0.15, 0.2) is 48.6 Å².